The minimum absolute atomic E-state index is 0.0679. The molecule has 1 N–H and O–H groups in total. The molecule has 0 bridgehead atoms. The van der Waals surface area contributed by atoms with Gasteiger partial charge in [-0.25, -0.2) is 0 Å². The smallest absolute Gasteiger partial charge is 0.235 e. The number of nitrogens with zero attached hydrogens (tertiary/aromatic N) is 1. The lowest BCUT2D eigenvalue weighted by Gasteiger charge is -2.29. The van der Waals surface area contributed by atoms with Gasteiger partial charge in [0.25, 0.3) is 0 Å². The summed E-state index contributed by atoms with van der Waals surface area (Å²) in [4.78, 5) is 13.3. The van der Waals surface area contributed by atoms with Gasteiger partial charge < -0.3 is 10.1 Å². The first-order valence-electron chi connectivity index (χ1n) is 9.84. The van der Waals surface area contributed by atoms with Crippen LogP contribution in [0.3, 0.4) is 0 Å². The molecule has 0 atom stereocenters. The number of benzene rings is 2. The number of anilines is 1. The van der Waals surface area contributed by atoms with Crippen molar-refractivity contribution in [2.24, 2.45) is 0 Å². The van der Waals surface area contributed by atoms with E-state index in [9.17, 15) is 10.1 Å². The zero-order valence-corrected chi connectivity index (χ0v) is 16.9. The largest absolute Gasteiger partial charge is 0.492 e. The highest BCUT2D eigenvalue weighted by Crippen LogP contribution is 2.44. The third kappa shape index (κ3) is 4.15. The number of nitrogens with one attached hydrogen (secondary N) is 1. The first kappa shape index (κ1) is 20.2. The summed E-state index contributed by atoms with van der Waals surface area (Å²) in [6, 6.07) is 14.9. The Balaban J connectivity index is 1.83. The van der Waals surface area contributed by atoms with Gasteiger partial charge in [-0.2, -0.15) is 5.26 Å². The van der Waals surface area contributed by atoms with Crippen molar-refractivity contribution in [2.75, 3.05) is 11.9 Å². The molecule has 2 aromatic carbocycles. The number of hydrogen-bond acceptors (Lipinski definition) is 3. The van der Waals surface area contributed by atoms with Gasteiger partial charge in [0, 0.05) is 10.7 Å². The van der Waals surface area contributed by atoms with Gasteiger partial charge in [0.2, 0.25) is 5.91 Å². The fourth-order valence-electron chi connectivity index (χ4n) is 3.84. The molecule has 4 nitrogen and oxygen atoms in total. The molecule has 0 radical (unpaired) electrons. The van der Waals surface area contributed by atoms with E-state index >= 15 is 0 Å². The monoisotopic (exact) mass is 396 g/mol. The van der Waals surface area contributed by atoms with E-state index < -0.39 is 5.41 Å². The Morgan fingerprint density at radius 1 is 1.25 bits per heavy atom. The van der Waals surface area contributed by atoms with Crippen molar-refractivity contribution in [1.29, 1.82) is 5.26 Å². The van der Waals surface area contributed by atoms with Crippen molar-refractivity contribution in [3.8, 4) is 11.8 Å². The van der Waals surface area contributed by atoms with Gasteiger partial charge in [-0.1, -0.05) is 56.0 Å². The number of hydrogen-bond donors (Lipinski definition) is 1. The van der Waals surface area contributed by atoms with Crippen molar-refractivity contribution in [2.45, 2.75) is 50.9 Å². The van der Waals surface area contributed by atoms with Crippen LogP contribution in [0.1, 0.15) is 56.6 Å². The maximum absolute atomic E-state index is 13.3. The van der Waals surface area contributed by atoms with E-state index in [0.717, 1.165) is 44.1 Å². The molecular formula is C23H25ClN2O2. The molecule has 0 unspecified atom stereocenters. The third-order valence-electron chi connectivity index (χ3n) is 5.39. The highest BCUT2D eigenvalue weighted by atomic mass is 35.5. The predicted molar refractivity (Wildman–Crippen MR) is 112 cm³/mol. The van der Waals surface area contributed by atoms with Crippen LogP contribution in [0.25, 0.3) is 0 Å². The average Bonchev–Trinajstić information content (AvgIpc) is 3.20. The molecule has 2 aromatic rings. The predicted octanol–water partition coefficient (Wildman–Crippen LogP) is 5.84. The van der Waals surface area contributed by atoms with Crippen molar-refractivity contribution in [3.63, 3.8) is 0 Å². The summed E-state index contributed by atoms with van der Waals surface area (Å²) in [5.41, 5.74) is 1.28. The number of carbonyl (C=O) groups excluding carboxylic acids is 1. The Morgan fingerprint density at radius 2 is 2.00 bits per heavy atom. The summed E-state index contributed by atoms with van der Waals surface area (Å²) in [5, 5.41) is 13.1. The van der Waals surface area contributed by atoms with E-state index in [1.54, 1.807) is 18.2 Å². The van der Waals surface area contributed by atoms with Gasteiger partial charge in [-0.3, -0.25) is 4.79 Å². The highest BCUT2D eigenvalue weighted by molar-refractivity contribution is 6.31. The molecule has 3 rings (SSSR count). The molecular weight excluding hydrogens is 372 g/mol. The number of nitriles is 1. The molecule has 0 spiro atoms. The van der Waals surface area contributed by atoms with Crippen LogP contribution in [-0.2, 0) is 10.2 Å². The summed E-state index contributed by atoms with van der Waals surface area (Å²) < 4.78 is 5.68. The van der Waals surface area contributed by atoms with Gasteiger partial charge in [-0.15, -0.1) is 0 Å². The molecule has 0 aromatic heterocycles. The average molecular weight is 397 g/mol. The minimum Gasteiger partial charge on any atom is -0.492 e. The number of ether oxygens (including phenoxy) is 1. The SMILES string of the molecule is CCCCOc1ccc(NC(=O)C2(c3ccccc3Cl)CCCC2)cc1C#N. The fraction of sp³-hybridized carbons (Fsp3) is 0.391. The molecule has 1 aliphatic rings. The van der Waals surface area contributed by atoms with Gasteiger partial charge in [0.15, 0.2) is 0 Å². The van der Waals surface area contributed by atoms with Gasteiger partial charge in [0.1, 0.15) is 11.8 Å². The molecule has 1 saturated carbocycles. The standard InChI is InChI=1S/C23H25ClN2O2/c1-2-3-14-28-21-11-10-18(15-17(21)16-25)26-22(27)23(12-6-7-13-23)19-8-4-5-9-20(19)24/h4-5,8-11,15H,2-3,6-7,12-14H2,1H3,(H,26,27). The normalized spacial score (nSPS) is 15.0. The lowest BCUT2D eigenvalue weighted by molar-refractivity contribution is -0.121. The third-order valence-corrected chi connectivity index (χ3v) is 5.72. The molecule has 0 saturated heterocycles. The molecule has 1 aliphatic carbocycles. The first-order valence-corrected chi connectivity index (χ1v) is 10.2. The van der Waals surface area contributed by atoms with Crippen LogP contribution >= 0.6 is 11.6 Å². The lowest BCUT2D eigenvalue weighted by Crippen LogP contribution is -2.38. The molecule has 5 heteroatoms. The van der Waals surface area contributed by atoms with Gasteiger partial charge in [0.05, 0.1) is 17.6 Å². The fourth-order valence-corrected chi connectivity index (χ4v) is 4.16. The van der Waals surface area contributed by atoms with E-state index in [1.807, 2.05) is 24.3 Å². The Labute approximate surface area is 171 Å². The minimum atomic E-state index is -0.624. The lowest BCUT2D eigenvalue weighted by atomic mass is 9.78. The van der Waals surface area contributed by atoms with Gasteiger partial charge in [-0.05, 0) is 49.1 Å². The zero-order chi connectivity index (χ0) is 20.0. The number of halogens is 1. The molecule has 1 fully saturated rings. The molecule has 146 valence electrons. The van der Waals surface area contributed by atoms with Crippen LogP contribution in [0.15, 0.2) is 42.5 Å². The van der Waals surface area contributed by atoms with E-state index in [2.05, 4.69) is 18.3 Å². The van der Waals surface area contributed by atoms with Crippen LogP contribution in [0.4, 0.5) is 5.69 Å². The van der Waals surface area contributed by atoms with Crippen LogP contribution < -0.4 is 10.1 Å². The van der Waals surface area contributed by atoms with Crippen LogP contribution in [0, 0.1) is 11.3 Å². The molecule has 28 heavy (non-hydrogen) atoms. The summed E-state index contributed by atoms with van der Waals surface area (Å²) in [6.07, 6.45) is 5.49. The van der Waals surface area contributed by atoms with Gasteiger partial charge >= 0.3 is 0 Å². The first-order chi connectivity index (χ1) is 13.6. The topological polar surface area (TPSA) is 62.1 Å². The maximum Gasteiger partial charge on any atom is 0.235 e. The van der Waals surface area contributed by atoms with Crippen molar-refractivity contribution < 1.29 is 9.53 Å². The quantitative estimate of drug-likeness (QED) is 0.598. The number of unbranched alkanes of at least 4 members (excludes halogenated alkanes) is 1. The Morgan fingerprint density at radius 3 is 2.68 bits per heavy atom. The number of rotatable bonds is 7. The van der Waals surface area contributed by atoms with Crippen molar-refractivity contribution in [3.05, 3.63) is 58.6 Å². The van der Waals surface area contributed by atoms with E-state index in [1.165, 1.54) is 0 Å². The Hall–Kier alpha value is -2.51. The summed E-state index contributed by atoms with van der Waals surface area (Å²) in [5.74, 6) is 0.484. The second kappa shape index (κ2) is 9.12. The summed E-state index contributed by atoms with van der Waals surface area (Å²) in [6.45, 7) is 2.66. The summed E-state index contributed by atoms with van der Waals surface area (Å²) >= 11 is 6.43. The highest BCUT2D eigenvalue weighted by Gasteiger charge is 2.43. The van der Waals surface area contributed by atoms with E-state index in [4.69, 9.17) is 16.3 Å². The van der Waals surface area contributed by atoms with Crippen molar-refractivity contribution >= 4 is 23.2 Å². The Bertz CT molecular complexity index is 882. The van der Waals surface area contributed by atoms with Crippen LogP contribution in [-0.4, -0.2) is 12.5 Å². The molecule has 1 amide bonds. The number of carbonyl (C=O) groups is 1. The second-order valence-corrected chi connectivity index (χ2v) is 7.66. The second-order valence-electron chi connectivity index (χ2n) is 7.25. The number of amides is 1. The maximum atomic E-state index is 13.3. The van der Waals surface area contributed by atoms with Crippen LogP contribution in [0.5, 0.6) is 5.75 Å². The Kier molecular flexibility index (Phi) is 6.59. The summed E-state index contributed by atoms with van der Waals surface area (Å²) in [7, 11) is 0. The zero-order valence-electron chi connectivity index (χ0n) is 16.1. The van der Waals surface area contributed by atoms with Crippen molar-refractivity contribution in [1.82, 2.24) is 0 Å². The van der Waals surface area contributed by atoms with E-state index in [-0.39, 0.29) is 5.91 Å². The van der Waals surface area contributed by atoms with E-state index in [0.29, 0.717) is 28.6 Å². The molecule has 0 aliphatic heterocycles. The molecule has 0 heterocycles. The van der Waals surface area contributed by atoms with Crippen LogP contribution in [0.2, 0.25) is 5.02 Å².